The molecule has 0 unspecified atom stereocenters. The second kappa shape index (κ2) is 6.28. The van der Waals surface area contributed by atoms with Crippen LogP contribution in [0.25, 0.3) is 0 Å². The molecule has 1 fully saturated rings. The average molecular weight is 253 g/mol. The highest BCUT2D eigenvalue weighted by Gasteiger charge is 2.13. The van der Waals surface area contributed by atoms with E-state index in [1.807, 2.05) is 0 Å². The molecule has 1 aliphatic rings. The molecule has 0 bridgehead atoms. The Hall–Kier alpha value is -0.960. The van der Waals surface area contributed by atoms with Gasteiger partial charge in [0.1, 0.15) is 11.6 Å². The van der Waals surface area contributed by atoms with Crippen LogP contribution in [0.5, 0.6) is 0 Å². The molecule has 1 aliphatic carbocycles. The van der Waals surface area contributed by atoms with E-state index in [9.17, 15) is 8.78 Å². The predicted octanol–water partition coefficient (Wildman–Crippen LogP) is 4.09. The van der Waals surface area contributed by atoms with E-state index < -0.39 is 11.6 Å². The zero-order valence-electron chi connectivity index (χ0n) is 10.9. The Balaban J connectivity index is 1.94. The van der Waals surface area contributed by atoms with Crippen LogP contribution in [0.2, 0.25) is 0 Å². The summed E-state index contributed by atoms with van der Waals surface area (Å²) in [5.74, 6) is -0.912. The zero-order valence-corrected chi connectivity index (χ0v) is 10.9. The van der Waals surface area contributed by atoms with E-state index in [2.05, 4.69) is 5.32 Å². The Bertz CT molecular complexity index is 396. The molecular formula is C15H21F2N. The number of hydrogen-bond acceptors (Lipinski definition) is 1. The SMILES string of the molecule is Cc1cc(CNC2CCCCCC2)c(F)cc1F. The Morgan fingerprint density at radius 2 is 1.72 bits per heavy atom. The van der Waals surface area contributed by atoms with Crippen molar-refractivity contribution in [3.05, 3.63) is 34.9 Å². The molecule has 0 amide bonds. The van der Waals surface area contributed by atoms with Gasteiger partial charge in [0.2, 0.25) is 0 Å². The third kappa shape index (κ3) is 3.52. The predicted molar refractivity (Wildman–Crippen MR) is 69.4 cm³/mol. The first-order valence-corrected chi connectivity index (χ1v) is 6.84. The van der Waals surface area contributed by atoms with Gasteiger partial charge in [-0.3, -0.25) is 0 Å². The lowest BCUT2D eigenvalue weighted by Gasteiger charge is -2.16. The molecule has 1 aromatic carbocycles. The fourth-order valence-electron chi connectivity index (χ4n) is 2.59. The smallest absolute Gasteiger partial charge is 0.130 e. The standard InChI is InChI=1S/C15H21F2N/c1-11-8-12(15(17)9-14(11)16)10-18-13-6-4-2-3-5-7-13/h8-9,13,18H,2-7,10H2,1H3. The third-order valence-electron chi connectivity index (χ3n) is 3.76. The van der Waals surface area contributed by atoms with Crippen molar-refractivity contribution in [3.8, 4) is 0 Å². The van der Waals surface area contributed by atoms with Crippen LogP contribution >= 0.6 is 0 Å². The Morgan fingerprint density at radius 1 is 1.06 bits per heavy atom. The van der Waals surface area contributed by atoms with Crippen molar-refractivity contribution in [2.75, 3.05) is 0 Å². The van der Waals surface area contributed by atoms with Gasteiger partial charge in [0.25, 0.3) is 0 Å². The van der Waals surface area contributed by atoms with Crippen LogP contribution in [0.15, 0.2) is 12.1 Å². The highest BCUT2D eigenvalue weighted by molar-refractivity contribution is 5.25. The van der Waals surface area contributed by atoms with Gasteiger partial charge in [-0.15, -0.1) is 0 Å². The van der Waals surface area contributed by atoms with Gasteiger partial charge >= 0.3 is 0 Å². The minimum atomic E-state index is -0.467. The second-order valence-electron chi connectivity index (χ2n) is 5.26. The molecule has 1 saturated carbocycles. The number of hydrogen-bond donors (Lipinski definition) is 1. The normalized spacial score (nSPS) is 17.7. The molecule has 0 heterocycles. The van der Waals surface area contributed by atoms with Gasteiger partial charge in [-0.1, -0.05) is 25.7 Å². The van der Waals surface area contributed by atoms with Crippen molar-refractivity contribution in [1.29, 1.82) is 0 Å². The van der Waals surface area contributed by atoms with E-state index in [-0.39, 0.29) is 0 Å². The Kier molecular flexibility index (Phi) is 4.70. The minimum Gasteiger partial charge on any atom is -0.310 e. The summed E-state index contributed by atoms with van der Waals surface area (Å²) in [7, 11) is 0. The second-order valence-corrected chi connectivity index (χ2v) is 5.26. The topological polar surface area (TPSA) is 12.0 Å². The molecule has 1 nitrogen and oxygen atoms in total. The fourth-order valence-corrected chi connectivity index (χ4v) is 2.59. The van der Waals surface area contributed by atoms with E-state index in [1.165, 1.54) is 38.5 Å². The van der Waals surface area contributed by atoms with Crippen LogP contribution in [0, 0.1) is 18.6 Å². The maximum atomic E-state index is 13.6. The monoisotopic (exact) mass is 253 g/mol. The number of rotatable bonds is 3. The van der Waals surface area contributed by atoms with Crippen LogP contribution in [0.3, 0.4) is 0 Å². The Labute approximate surface area is 108 Å². The van der Waals surface area contributed by atoms with Crippen molar-refractivity contribution < 1.29 is 8.78 Å². The largest absolute Gasteiger partial charge is 0.310 e. The molecule has 1 N–H and O–H groups in total. The summed E-state index contributed by atoms with van der Waals surface area (Å²) >= 11 is 0. The van der Waals surface area contributed by atoms with Crippen LogP contribution < -0.4 is 5.32 Å². The van der Waals surface area contributed by atoms with Crippen molar-refractivity contribution in [2.24, 2.45) is 0 Å². The van der Waals surface area contributed by atoms with Gasteiger partial charge in [-0.05, 0) is 31.4 Å². The molecule has 0 aromatic heterocycles. The third-order valence-corrected chi connectivity index (χ3v) is 3.76. The maximum Gasteiger partial charge on any atom is 0.130 e. The maximum absolute atomic E-state index is 13.6. The highest BCUT2D eigenvalue weighted by Crippen LogP contribution is 2.19. The van der Waals surface area contributed by atoms with Gasteiger partial charge < -0.3 is 5.32 Å². The molecule has 0 saturated heterocycles. The lowest BCUT2D eigenvalue weighted by Crippen LogP contribution is -2.28. The molecule has 3 heteroatoms. The molecule has 100 valence electrons. The van der Waals surface area contributed by atoms with E-state index in [0.29, 0.717) is 23.7 Å². The first kappa shape index (κ1) is 13.5. The first-order valence-electron chi connectivity index (χ1n) is 6.84. The van der Waals surface area contributed by atoms with Gasteiger partial charge in [0, 0.05) is 24.2 Å². The van der Waals surface area contributed by atoms with Crippen LogP contribution in [0.4, 0.5) is 8.78 Å². The summed E-state index contributed by atoms with van der Waals surface area (Å²) in [5, 5.41) is 3.40. The van der Waals surface area contributed by atoms with Crippen molar-refractivity contribution >= 4 is 0 Å². The average Bonchev–Trinajstić information content (AvgIpc) is 2.60. The Morgan fingerprint density at radius 3 is 2.39 bits per heavy atom. The van der Waals surface area contributed by atoms with Crippen LogP contribution in [0.1, 0.15) is 49.7 Å². The number of benzene rings is 1. The van der Waals surface area contributed by atoms with Gasteiger partial charge in [0.15, 0.2) is 0 Å². The molecule has 0 spiro atoms. The lowest BCUT2D eigenvalue weighted by molar-refractivity contribution is 0.451. The lowest BCUT2D eigenvalue weighted by atomic mass is 10.1. The van der Waals surface area contributed by atoms with E-state index in [0.717, 1.165) is 6.07 Å². The van der Waals surface area contributed by atoms with E-state index in [1.54, 1.807) is 13.0 Å². The zero-order chi connectivity index (χ0) is 13.0. The summed E-state index contributed by atoms with van der Waals surface area (Å²) in [5.41, 5.74) is 1.08. The van der Waals surface area contributed by atoms with Crippen molar-refractivity contribution in [1.82, 2.24) is 5.32 Å². The van der Waals surface area contributed by atoms with Gasteiger partial charge in [-0.25, -0.2) is 8.78 Å². The van der Waals surface area contributed by atoms with Crippen molar-refractivity contribution in [3.63, 3.8) is 0 Å². The highest BCUT2D eigenvalue weighted by atomic mass is 19.1. The summed E-state index contributed by atoms with van der Waals surface area (Å²) in [6, 6.07) is 3.07. The molecule has 0 radical (unpaired) electrons. The van der Waals surface area contributed by atoms with E-state index in [4.69, 9.17) is 0 Å². The van der Waals surface area contributed by atoms with Crippen LogP contribution in [-0.2, 0) is 6.54 Å². The molecular weight excluding hydrogens is 232 g/mol. The molecule has 0 atom stereocenters. The summed E-state index contributed by atoms with van der Waals surface area (Å²) in [4.78, 5) is 0. The molecule has 0 aliphatic heterocycles. The summed E-state index contributed by atoms with van der Waals surface area (Å²) in [6.07, 6.45) is 7.46. The fraction of sp³-hybridized carbons (Fsp3) is 0.600. The molecule has 18 heavy (non-hydrogen) atoms. The quantitative estimate of drug-likeness (QED) is 0.800. The summed E-state index contributed by atoms with van der Waals surface area (Å²) in [6.45, 7) is 2.17. The first-order chi connectivity index (χ1) is 8.66. The number of aryl methyl sites for hydroxylation is 1. The van der Waals surface area contributed by atoms with E-state index >= 15 is 0 Å². The number of nitrogens with one attached hydrogen (secondary N) is 1. The van der Waals surface area contributed by atoms with Gasteiger partial charge in [0.05, 0.1) is 0 Å². The molecule has 2 rings (SSSR count). The van der Waals surface area contributed by atoms with Crippen LogP contribution in [-0.4, -0.2) is 6.04 Å². The van der Waals surface area contributed by atoms with Crippen molar-refractivity contribution in [2.45, 2.75) is 58.0 Å². The summed E-state index contributed by atoms with van der Waals surface area (Å²) < 4.78 is 26.7. The molecule has 1 aromatic rings. The minimum absolute atomic E-state index is 0.445. The van der Waals surface area contributed by atoms with Gasteiger partial charge in [-0.2, -0.15) is 0 Å². The number of halogens is 2.